The predicted octanol–water partition coefficient (Wildman–Crippen LogP) is 11.0. The van der Waals surface area contributed by atoms with Gasteiger partial charge in [-0.2, -0.15) is 0 Å². The van der Waals surface area contributed by atoms with Crippen LogP contribution in [0.4, 0.5) is 0 Å². The molecule has 0 aromatic carbocycles. The van der Waals surface area contributed by atoms with E-state index in [0.29, 0.717) is 30.3 Å². The number of carbonyl (C=O) groups excluding carboxylic acids is 2. The Morgan fingerprint density at radius 3 is 1.75 bits per heavy atom. The van der Waals surface area contributed by atoms with Gasteiger partial charge in [0.1, 0.15) is 19.8 Å². The third-order valence-electron chi connectivity index (χ3n) is 8.48. The number of aliphatic hydroxyl groups excluding tert-OH is 1. The van der Waals surface area contributed by atoms with Crippen LogP contribution in [0.25, 0.3) is 0 Å². The Morgan fingerprint density at radius 1 is 0.632 bits per heavy atom. The van der Waals surface area contributed by atoms with Gasteiger partial charge in [0, 0.05) is 12.8 Å². The summed E-state index contributed by atoms with van der Waals surface area (Å²) in [4.78, 5) is 35.3. The number of unbranched alkanes of at least 4 members (excludes halogenated alkanes) is 7. The van der Waals surface area contributed by atoms with E-state index in [9.17, 15) is 24.2 Å². The van der Waals surface area contributed by atoms with Gasteiger partial charge in [0.05, 0.1) is 33.9 Å². The number of phosphoric acid groups is 1. The van der Waals surface area contributed by atoms with Crippen LogP contribution < -0.4 is 0 Å². The summed E-state index contributed by atoms with van der Waals surface area (Å²) in [6.45, 7) is 4.02. The highest BCUT2D eigenvalue weighted by atomic mass is 31.2. The zero-order chi connectivity index (χ0) is 42.3. The van der Waals surface area contributed by atoms with E-state index in [1.165, 1.54) is 0 Å². The van der Waals surface area contributed by atoms with Gasteiger partial charge < -0.3 is 24.0 Å². The number of allylic oxidation sites excluding steroid dienone is 13. The first-order valence-electron chi connectivity index (χ1n) is 21.4. The van der Waals surface area contributed by atoms with Gasteiger partial charge in [0.25, 0.3) is 0 Å². The molecule has 0 saturated carbocycles. The molecule has 0 saturated heterocycles. The van der Waals surface area contributed by atoms with Crippen LogP contribution in [0.5, 0.6) is 0 Å². The van der Waals surface area contributed by atoms with E-state index < -0.39 is 32.5 Å². The Labute approximate surface area is 346 Å². The van der Waals surface area contributed by atoms with Gasteiger partial charge >= 0.3 is 19.8 Å². The van der Waals surface area contributed by atoms with E-state index in [1.807, 2.05) is 45.4 Å². The molecule has 0 aliphatic carbocycles. The van der Waals surface area contributed by atoms with Crippen molar-refractivity contribution >= 4 is 19.8 Å². The second kappa shape index (κ2) is 37.4. The fourth-order valence-electron chi connectivity index (χ4n) is 5.10. The van der Waals surface area contributed by atoms with Gasteiger partial charge in [0.15, 0.2) is 6.10 Å². The molecule has 0 amide bonds. The molecule has 0 spiro atoms. The highest BCUT2D eigenvalue weighted by Gasteiger charge is 2.27. The Morgan fingerprint density at radius 2 is 1.16 bits per heavy atom. The monoisotopic (exact) mass is 821 g/mol. The molecule has 0 fully saturated rings. The molecule has 0 bridgehead atoms. The fourth-order valence-corrected chi connectivity index (χ4v) is 5.84. The quantitative estimate of drug-likeness (QED) is 0.0207. The van der Waals surface area contributed by atoms with Crippen molar-refractivity contribution in [2.75, 3.05) is 47.5 Å². The van der Waals surface area contributed by atoms with Crippen molar-refractivity contribution < 1.29 is 47.2 Å². The lowest BCUT2D eigenvalue weighted by atomic mass is 10.1. The highest BCUT2D eigenvalue weighted by Crippen LogP contribution is 2.43. The predicted molar refractivity (Wildman–Crippen MR) is 235 cm³/mol. The number of aliphatic hydroxyl groups is 1. The number of hydrogen-bond acceptors (Lipinski definition) is 8. The fraction of sp³-hybridized carbons (Fsp3) is 0.652. The third kappa shape index (κ3) is 41.1. The summed E-state index contributed by atoms with van der Waals surface area (Å²) < 4.78 is 34.2. The molecule has 0 aliphatic rings. The molecule has 0 aromatic heterocycles. The van der Waals surface area contributed by atoms with Crippen molar-refractivity contribution in [3.63, 3.8) is 0 Å². The molecule has 57 heavy (non-hydrogen) atoms. The van der Waals surface area contributed by atoms with Gasteiger partial charge in [0.2, 0.25) is 0 Å². The van der Waals surface area contributed by atoms with Crippen LogP contribution in [-0.2, 0) is 32.7 Å². The Kier molecular flexibility index (Phi) is 35.6. The summed E-state index contributed by atoms with van der Waals surface area (Å²) in [6.07, 6.45) is 44.0. The van der Waals surface area contributed by atoms with Crippen LogP contribution >= 0.6 is 7.82 Å². The van der Waals surface area contributed by atoms with E-state index >= 15 is 0 Å². The molecule has 0 aromatic rings. The molecular weight excluding hydrogens is 741 g/mol. The Hall–Kier alpha value is -2.85. The summed E-state index contributed by atoms with van der Waals surface area (Å²) in [5.41, 5.74) is 0. The maximum atomic E-state index is 12.7. The summed E-state index contributed by atoms with van der Waals surface area (Å²) in [6, 6.07) is 0. The number of nitrogens with zero attached hydrogens (tertiary/aromatic N) is 1. The largest absolute Gasteiger partial charge is 0.472 e. The topological polar surface area (TPSA) is 129 Å². The average Bonchev–Trinajstić information content (AvgIpc) is 3.16. The van der Waals surface area contributed by atoms with Crippen molar-refractivity contribution in [2.24, 2.45) is 0 Å². The first kappa shape index (κ1) is 54.2. The van der Waals surface area contributed by atoms with Crippen molar-refractivity contribution in [1.29, 1.82) is 0 Å². The summed E-state index contributed by atoms with van der Waals surface area (Å²) in [5.74, 6) is -0.917. The van der Waals surface area contributed by atoms with Crippen molar-refractivity contribution in [1.82, 2.24) is 0 Å². The van der Waals surface area contributed by atoms with Gasteiger partial charge in [-0.15, -0.1) is 0 Å². The SMILES string of the molecule is CC/C=C\C/C=C\C/C=C\CCCCCCCC(=O)OC[C@H](COP(=O)(O)OCC[N+](C)(C)C)OC(=O)CCC/C=C\C/C=C\C/C=C\C/C=C\[C@H](O)CCCC. The van der Waals surface area contributed by atoms with Gasteiger partial charge in [-0.3, -0.25) is 18.6 Å². The standard InChI is InChI=1S/C46H78NO9P/c1-6-8-10-11-12-13-14-15-16-17-21-24-27-30-33-37-45(49)53-41-44(42-55-57(51,52)54-40-39-47(3,4)5)56-46(50)38-34-31-28-25-22-19-18-20-23-26-29-32-36-43(48)35-9-7-2/h8,10,12-13,15-16,18-19,23,25-26,28,32,36,43-44,48H,6-7,9,11,14,17,20-22,24,27,29-31,33-35,37-42H2,1-5H3/p+1/b10-8-,13-12-,16-15-,19-18-,26-23-,28-25-,36-32-/t43-,44-/m1/s1. The first-order chi connectivity index (χ1) is 27.4. The lowest BCUT2D eigenvalue weighted by Crippen LogP contribution is -2.37. The lowest BCUT2D eigenvalue weighted by Gasteiger charge is -2.24. The minimum absolute atomic E-state index is 0.00632. The van der Waals surface area contributed by atoms with Crippen LogP contribution in [0, 0.1) is 0 Å². The average molecular weight is 821 g/mol. The Bertz CT molecular complexity index is 1260. The molecular formula is C46H79NO9P+. The second-order valence-corrected chi connectivity index (χ2v) is 16.6. The zero-order valence-electron chi connectivity index (χ0n) is 36.1. The number of carbonyl (C=O) groups is 2. The maximum absolute atomic E-state index is 12.7. The number of ether oxygens (including phenoxy) is 2. The van der Waals surface area contributed by atoms with Crippen molar-refractivity contribution in [2.45, 2.75) is 148 Å². The van der Waals surface area contributed by atoms with Crippen LogP contribution in [0.3, 0.4) is 0 Å². The van der Waals surface area contributed by atoms with Crippen LogP contribution in [0.15, 0.2) is 85.1 Å². The minimum atomic E-state index is -4.41. The molecule has 0 heterocycles. The lowest BCUT2D eigenvalue weighted by molar-refractivity contribution is -0.870. The Balaban J connectivity index is 4.55. The van der Waals surface area contributed by atoms with Crippen LogP contribution in [0.1, 0.15) is 136 Å². The summed E-state index contributed by atoms with van der Waals surface area (Å²) in [7, 11) is 1.39. The van der Waals surface area contributed by atoms with Gasteiger partial charge in [-0.1, -0.05) is 131 Å². The van der Waals surface area contributed by atoms with Crippen LogP contribution in [0.2, 0.25) is 0 Å². The number of phosphoric ester groups is 1. The molecule has 10 nitrogen and oxygen atoms in total. The summed E-state index contributed by atoms with van der Waals surface area (Å²) in [5, 5.41) is 9.82. The van der Waals surface area contributed by atoms with E-state index in [4.69, 9.17) is 18.5 Å². The molecule has 0 rings (SSSR count). The maximum Gasteiger partial charge on any atom is 0.472 e. The molecule has 0 aliphatic heterocycles. The van der Waals surface area contributed by atoms with Crippen LogP contribution in [-0.4, -0.2) is 86.1 Å². The minimum Gasteiger partial charge on any atom is -0.462 e. The van der Waals surface area contributed by atoms with E-state index in [0.717, 1.165) is 89.9 Å². The van der Waals surface area contributed by atoms with Gasteiger partial charge in [-0.25, -0.2) is 4.57 Å². The zero-order valence-corrected chi connectivity index (χ0v) is 37.0. The second-order valence-electron chi connectivity index (χ2n) is 15.2. The van der Waals surface area contributed by atoms with Crippen molar-refractivity contribution in [3.05, 3.63) is 85.1 Å². The molecule has 2 N–H and O–H groups in total. The van der Waals surface area contributed by atoms with E-state index in [1.54, 1.807) is 0 Å². The first-order valence-corrected chi connectivity index (χ1v) is 22.9. The number of quaternary nitrogens is 1. The van der Waals surface area contributed by atoms with Gasteiger partial charge in [-0.05, 0) is 77.0 Å². The normalized spacial score (nSPS) is 15.0. The smallest absolute Gasteiger partial charge is 0.462 e. The number of rotatable bonds is 37. The highest BCUT2D eigenvalue weighted by molar-refractivity contribution is 7.47. The summed E-state index contributed by atoms with van der Waals surface area (Å²) >= 11 is 0. The molecule has 1 unspecified atom stereocenters. The van der Waals surface area contributed by atoms with E-state index in [2.05, 4.69) is 74.6 Å². The van der Waals surface area contributed by atoms with E-state index in [-0.39, 0.29) is 32.2 Å². The molecule has 0 radical (unpaired) electrons. The number of likely N-dealkylation sites (N-methyl/N-ethyl adjacent to an activating group) is 1. The van der Waals surface area contributed by atoms with Crippen molar-refractivity contribution in [3.8, 4) is 0 Å². The molecule has 3 atom stereocenters. The molecule has 11 heteroatoms. The number of hydrogen-bond donors (Lipinski definition) is 2. The molecule has 326 valence electrons. The third-order valence-corrected chi connectivity index (χ3v) is 9.46. The number of esters is 2.